The van der Waals surface area contributed by atoms with Crippen LogP contribution < -0.4 is 16.1 Å². The number of unbranched alkanes of at least 4 members (excludes halogenated alkanes) is 16. The minimum Gasteiger partial charge on any atom is -0.756 e. The fraction of sp³-hybridized carbons (Fsp3) is 0.889. The summed E-state index contributed by atoms with van der Waals surface area (Å²) in [5.41, 5.74) is -1.01. The van der Waals surface area contributed by atoms with Gasteiger partial charge in [-0.25, -0.2) is 4.79 Å². The first-order valence-corrected chi connectivity index (χ1v) is 25.2. The number of hydrogen-bond acceptors (Lipinski definition) is 11. The number of H-pyrrole nitrogens is 1. The van der Waals surface area contributed by atoms with Crippen LogP contribution >= 0.6 is 7.82 Å². The molecule has 0 bridgehead atoms. The van der Waals surface area contributed by atoms with Crippen LogP contribution in [0.15, 0.2) is 15.8 Å². The van der Waals surface area contributed by atoms with Crippen LogP contribution in [0, 0.1) is 6.92 Å². The van der Waals surface area contributed by atoms with E-state index in [1.54, 1.807) is 0 Å². The highest BCUT2D eigenvalue weighted by molar-refractivity contribution is 7.45. The number of carbonyl (C=O) groups is 1. The Labute approximate surface area is 362 Å². The van der Waals surface area contributed by atoms with Crippen molar-refractivity contribution in [3.63, 3.8) is 0 Å². The molecule has 352 valence electrons. The first-order valence-electron chi connectivity index (χ1n) is 23.7. The van der Waals surface area contributed by atoms with Gasteiger partial charge in [-0.2, -0.15) is 0 Å². The summed E-state index contributed by atoms with van der Waals surface area (Å²) < 4.78 is 34.6. The number of nitrogens with zero attached hydrogens (tertiary/aromatic N) is 2. The van der Waals surface area contributed by atoms with E-state index in [1.807, 2.05) is 0 Å². The van der Waals surface area contributed by atoms with Crippen molar-refractivity contribution in [3.8, 4) is 0 Å². The summed E-state index contributed by atoms with van der Waals surface area (Å²) in [4.78, 5) is 49.8. The van der Waals surface area contributed by atoms with Crippen molar-refractivity contribution in [1.82, 2.24) is 9.55 Å². The molecule has 3 N–H and O–H groups in total. The van der Waals surface area contributed by atoms with Gasteiger partial charge in [-0.15, -0.1) is 0 Å². The lowest BCUT2D eigenvalue weighted by Crippen LogP contribution is -2.50. The van der Waals surface area contributed by atoms with Gasteiger partial charge in [-0.3, -0.25) is 23.7 Å². The molecule has 1 fully saturated rings. The number of aromatic nitrogens is 2. The zero-order valence-electron chi connectivity index (χ0n) is 38.5. The minimum atomic E-state index is -4.89. The third-order valence-electron chi connectivity index (χ3n) is 11.3. The van der Waals surface area contributed by atoms with Crippen LogP contribution in [0.2, 0.25) is 0 Å². The van der Waals surface area contributed by atoms with E-state index in [2.05, 4.69) is 44.1 Å². The van der Waals surface area contributed by atoms with Crippen LogP contribution in [0.4, 0.5) is 0 Å². The largest absolute Gasteiger partial charge is 0.756 e. The number of carbonyl (C=O) groups excluding carboxylic acids is 1. The van der Waals surface area contributed by atoms with Gasteiger partial charge in [-0.05, 0) is 39.0 Å². The average Bonchev–Trinajstić information content (AvgIpc) is 3.60. The van der Waals surface area contributed by atoms with Crippen LogP contribution in [-0.4, -0.2) is 94.5 Å². The van der Waals surface area contributed by atoms with Crippen molar-refractivity contribution in [2.24, 2.45) is 0 Å². The molecule has 0 amide bonds. The number of esters is 1. The SMILES string of the molecule is CCCCCCCCCCCCCCCC(=O)OC[C@@H](O)COP(=O)([O-])OC[C@H]1O[C@@H](n2cc(C)c(=O)[nH]c2=O)C[C@@H]1O.CCCC[N+](CCCC)(CCCC)CCCC. The second-order valence-electron chi connectivity index (χ2n) is 16.9. The third kappa shape index (κ3) is 25.3. The maximum Gasteiger partial charge on any atom is 0.330 e. The molecule has 1 aromatic heterocycles. The molecule has 2 rings (SSSR count). The second kappa shape index (κ2) is 33.6. The van der Waals surface area contributed by atoms with Crippen molar-refractivity contribution in [1.29, 1.82) is 0 Å². The Morgan fingerprint density at radius 1 is 0.800 bits per heavy atom. The molecular formula is C45H86N3O11P. The zero-order chi connectivity index (χ0) is 44.7. The standard InChI is InChI=1S/C29H51N2O11P.C16H36N/c1-3-4-5-6-7-8-9-10-11-12-13-14-15-16-27(34)39-19-23(32)20-40-43(37,38)41-21-25-24(33)17-26(42-25)31-18-22(2)28(35)30-29(31)36;1-5-9-13-17(14-10-6-2,15-11-7-3)16-12-8-4/h18,23-26,32-33H,3-17,19-21H2,1-2H3,(H,37,38)(H,30,35,36);5-16H2,1-4H3/q;+1/p-1/t23-,24+,25-,26-;/m1./s1. The molecule has 2 heterocycles. The second-order valence-corrected chi connectivity index (χ2v) is 18.3. The summed E-state index contributed by atoms with van der Waals surface area (Å²) in [7, 11) is -4.89. The first-order chi connectivity index (χ1) is 28.8. The van der Waals surface area contributed by atoms with Gasteiger partial charge in [0.1, 0.15) is 25.0 Å². The molecule has 60 heavy (non-hydrogen) atoms. The number of nitrogens with one attached hydrogen (secondary N) is 1. The Morgan fingerprint density at radius 2 is 1.27 bits per heavy atom. The molecular weight excluding hydrogens is 789 g/mol. The number of aryl methyl sites for hydroxylation is 1. The predicted octanol–water partition coefficient (Wildman–Crippen LogP) is 8.38. The van der Waals surface area contributed by atoms with Gasteiger partial charge in [0.05, 0.1) is 45.5 Å². The maximum absolute atomic E-state index is 12.1. The zero-order valence-corrected chi connectivity index (χ0v) is 39.4. The number of aliphatic hydroxyl groups excluding tert-OH is 2. The fourth-order valence-corrected chi connectivity index (χ4v) is 8.22. The number of ether oxygens (including phenoxy) is 2. The summed E-state index contributed by atoms with van der Waals surface area (Å²) in [5, 5.41) is 20.2. The molecule has 15 heteroatoms. The average molecular weight is 876 g/mol. The molecule has 0 saturated carbocycles. The molecule has 1 aliphatic rings. The van der Waals surface area contributed by atoms with Gasteiger partial charge in [0.15, 0.2) is 0 Å². The highest BCUT2D eigenvalue weighted by atomic mass is 31.2. The van der Waals surface area contributed by atoms with Crippen LogP contribution in [0.5, 0.6) is 0 Å². The van der Waals surface area contributed by atoms with Gasteiger partial charge in [0, 0.05) is 24.6 Å². The summed E-state index contributed by atoms with van der Waals surface area (Å²) in [5.74, 6) is -0.470. The van der Waals surface area contributed by atoms with Crippen LogP contribution in [0.1, 0.15) is 194 Å². The van der Waals surface area contributed by atoms with E-state index in [0.717, 1.165) is 23.8 Å². The smallest absolute Gasteiger partial charge is 0.330 e. The van der Waals surface area contributed by atoms with E-state index in [1.165, 1.54) is 153 Å². The molecule has 0 aliphatic carbocycles. The topological polar surface area (TPSA) is 189 Å². The van der Waals surface area contributed by atoms with Crippen molar-refractivity contribution < 1.29 is 47.5 Å². The van der Waals surface area contributed by atoms with E-state index in [0.29, 0.717) is 6.42 Å². The lowest BCUT2D eigenvalue weighted by molar-refractivity contribution is -0.929. The predicted molar refractivity (Wildman–Crippen MR) is 237 cm³/mol. The lowest BCUT2D eigenvalue weighted by atomic mass is 10.0. The number of quaternary nitrogens is 1. The molecule has 1 saturated heterocycles. The van der Waals surface area contributed by atoms with Crippen LogP contribution in [-0.2, 0) is 27.9 Å². The third-order valence-corrected chi connectivity index (χ3v) is 12.3. The van der Waals surface area contributed by atoms with Gasteiger partial charge in [0.2, 0.25) is 0 Å². The Kier molecular flexibility index (Phi) is 31.5. The number of aromatic amines is 1. The minimum absolute atomic E-state index is 0.0349. The number of rotatable bonds is 35. The molecule has 1 aromatic rings. The maximum atomic E-state index is 12.1. The Morgan fingerprint density at radius 3 is 1.75 bits per heavy atom. The molecule has 0 radical (unpaired) electrons. The molecule has 1 aliphatic heterocycles. The van der Waals surface area contributed by atoms with Gasteiger partial charge in [0.25, 0.3) is 13.4 Å². The number of aliphatic hydroxyl groups is 2. The molecule has 1 unspecified atom stereocenters. The molecule has 5 atom stereocenters. The number of phosphoric ester groups is 1. The van der Waals surface area contributed by atoms with Gasteiger partial charge < -0.3 is 38.1 Å². The highest BCUT2D eigenvalue weighted by Crippen LogP contribution is 2.40. The summed E-state index contributed by atoms with van der Waals surface area (Å²) in [6.45, 7) is 17.0. The van der Waals surface area contributed by atoms with Crippen molar-refractivity contribution >= 4 is 13.8 Å². The number of hydrogen-bond donors (Lipinski definition) is 3. The van der Waals surface area contributed by atoms with E-state index in [-0.39, 0.29) is 18.4 Å². The van der Waals surface area contributed by atoms with Crippen molar-refractivity contribution in [3.05, 3.63) is 32.6 Å². The number of phosphoric acid groups is 1. The molecule has 0 aromatic carbocycles. The van der Waals surface area contributed by atoms with Gasteiger partial charge in [-0.1, -0.05) is 137 Å². The fourth-order valence-electron chi connectivity index (χ4n) is 7.46. The van der Waals surface area contributed by atoms with Crippen LogP contribution in [0.3, 0.4) is 0 Å². The van der Waals surface area contributed by atoms with Crippen molar-refractivity contribution in [2.45, 2.75) is 214 Å². The van der Waals surface area contributed by atoms with E-state index in [9.17, 15) is 34.1 Å². The summed E-state index contributed by atoms with van der Waals surface area (Å²) in [6, 6.07) is 0. The Balaban J connectivity index is 0.000000888. The van der Waals surface area contributed by atoms with Gasteiger partial charge >= 0.3 is 11.7 Å². The monoisotopic (exact) mass is 876 g/mol. The Hall–Kier alpha value is -1.90. The van der Waals surface area contributed by atoms with Crippen molar-refractivity contribution in [2.75, 3.05) is 46.0 Å². The molecule has 14 nitrogen and oxygen atoms in total. The van der Waals surface area contributed by atoms with Crippen LogP contribution in [0.25, 0.3) is 0 Å². The normalized spacial score (nSPS) is 18.2. The first kappa shape index (κ1) is 56.1. The summed E-state index contributed by atoms with van der Waals surface area (Å²) >= 11 is 0. The molecule has 0 spiro atoms. The Bertz CT molecular complexity index is 1370. The van der Waals surface area contributed by atoms with E-state index in [4.69, 9.17) is 14.0 Å². The summed E-state index contributed by atoms with van der Waals surface area (Å²) in [6.07, 6.45) is 23.5. The quantitative estimate of drug-likeness (QED) is 0.0257. The lowest BCUT2D eigenvalue weighted by Gasteiger charge is -2.39. The van der Waals surface area contributed by atoms with E-state index >= 15 is 0 Å². The highest BCUT2D eigenvalue weighted by Gasteiger charge is 2.36. The van der Waals surface area contributed by atoms with E-state index < -0.39 is 69.4 Å².